The van der Waals surface area contributed by atoms with E-state index in [2.05, 4.69) is 66.7 Å². The molecular formula is C34H41BMoN7O6+. The van der Waals surface area contributed by atoms with Gasteiger partial charge >= 0.3 is 49.8 Å². The summed E-state index contributed by atoms with van der Waals surface area (Å²) >= 11 is 0. The largest absolute Gasteiger partial charge is 2.00 e. The molecule has 4 atom stereocenters. The summed E-state index contributed by atoms with van der Waals surface area (Å²) in [6, 6.07) is 16.1. The van der Waals surface area contributed by atoms with Crippen molar-refractivity contribution in [3.63, 3.8) is 0 Å². The fourth-order valence-corrected chi connectivity index (χ4v) is 6.13. The maximum Gasteiger partial charge on any atom is 2.00 e. The SMILES string of the molecule is CO[C@H]1[CH][CH][CH][C@@H](OC)N1C(=O)O[C@@H]1CCCC[C@H]1C(C)(C)c1ccccc1.[C-]#[O+].[C-]#[O+].[Mo+2].c1cnn([B-](n2cccn2)n2cccn2)c1. The molecule has 13 nitrogen and oxygen atoms in total. The van der Waals surface area contributed by atoms with E-state index < -0.39 is 12.5 Å². The molecule has 1 aliphatic carbocycles. The third-order valence-electron chi connectivity index (χ3n) is 8.48. The maximum atomic E-state index is 13.1. The van der Waals surface area contributed by atoms with Crippen LogP contribution >= 0.6 is 0 Å². The summed E-state index contributed by atoms with van der Waals surface area (Å²) in [5, 5.41) is 12.7. The molecule has 4 aromatic rings. The molecule has 49 heavy (non-hydrogen) atoms. The van der Waals surface area contributed by atoms with Gasteiger partial charge in [0, 0.05) is 51.6 Å². The van der Waals surface area contributed by atoms with E-state index in [1.165, 1.54) is 10.5 Å². The van der Waals surface area contributed by atoms with E-state index in [1.807, 2.05) is 62.1 Å². The second-order valence-corrected chi connectivity index (χ2v) is 11.4. The molecule has 3 aromatic heterocycles. The first-order chi connectivity index (χ1) is 23.4. The van der Waals surface area contributed by atoms with Gasteiger partial charge in [-0.2, -0.15) is 0 Å². The number of piperidine rings is 1. The van der Waals surface area contributed by atoms with E-state index in [0.29, 0.717) is 0 Å². The summed E-state index contributed by atoms with van der Waals surface area (Å²) in [6.07, 6.45) is 19.0. The van der Waals surface area contributed by atoms with Gasteiger partial charge in [-0.05, 0) is 73.5 Å². The molecule has 0 spiro atoms. The van der Waals surface area contributed by atoms with Crippen molar-refractivity contribution in [2.24, 2.45) is 5.92 Å². The van der Waals surface area contributed by atoms with Crippen molar-refractivity contribution in [1.29, 1.82) is 0 Å². The number of hydrogen-bond donors (Lipinski definition) is 0. The van der Waals surface area contributed by atoms with E-state index in [1.54, 1.807) is 46.6 Å². The number of hydrogen-bond acceptors (Lipinski definition) is 7. The molecule has 2 aliphatic rings. The van der Waals surface area contributed by atoms with Crippen molar-refractivity contribution in [1.82, 2.24) is 34.0 Å². The van der Waals surface area contributed by atoms with Gasteiger partial charge in [-0.3, -0.25) is 4.90 Å². The molecule has 0 bridgehead atoms. The Morgan fingerprint density at radius 2 is 1.27 bits per heavy atom. The quantitative estimate of drug-likeness (QED) is 0.145. The van der Waals surface area contributed by atoms with Crippen molar-refractivity contribution in [2.75, 3.05) is 14.2 Å². The van der Waals surface area contributed by atoms with Crippen LogP contribution in [0.1, 0.15) is 45.1 Å². The van der Waals surface area contributed by atoms with Gasteiger partial charge in [0.1, 0.15) is 18.6 Å². The molecule has 1 aliphatic heterocycles. The van der Waals surface area contributed by atoms with E-state index in [-0.39, 0.29) is 51.7 Å². The molecule has 1 amide bonds. The van der Waals surface area contributed by atoms with Crippen molar-refractivity contribution in [3.05, 3.63) is 124 Å². The maximum absolute atomic E-state index is 13.1. The van der Waals surface area contributed by atoms with Crippen LogP contribution in [0.3, 0.4) is 0 Å². The standard InChI is InChI=1S/C23H32NO4.C9H9BN6.2CO.Mo/c1-23(2,17-11-6-5-7-12-17)18-13-8-9-14-19(18)28-22(25)24-20(26-3)15-10-16-21(24)27-4;1-4-11-14(7-1)10(15-8-2-5-12-15)16-9-3-6-13-16;2*1-2;/h5-7,10-12,15-16,18-21H,8-9,13-14H2,1-4H3;1-9H;;;/q;-1;;;+2/t18-,19-,20-,21+;;;;/m1..../s1. The van der Waals surface area contributed by atoms with Crippen molar-refractivity contribution in [2.45, 2.75) is 63.5 Å². The van der Waals surface area contributed by atoms with Crippen LogP contribution in [0.4, 0.5) is 4.79 Å². The fraction of sp³-hybridized carbons (Fsp3) is 0.382. The smallest absolute Gasteiger partial charge is 0.425 e. The third kappa shape index (κ3) is 10.6. The zero-order valence-electron chi connectivity index (χ0n) is 28.0. The number of carbonyl (C=O) groups excluding carboxylic acids is 1. The summed E-state index contributed by atoms with van der Waals surface area (Å²) in [6.45, 7) is 13.5. The number of aromatic nitrogens is 6. The zero-order valence-corrected chi connectivity index (χ0v) is 30.0. The van der Waals surface area contributed by atoms with Crippen molar-refractivity contribution >= 4 is 13.2 Å². The van der Waals surface area contributed by atoms with Gasteiger partial charge in [0.25, 0.3) is 7.12 Å². The van der Waals surface area contributed by atoms with Gasteiger partial charge in [-0.25, -0.2) is 20.1 Å². The number of rotatable bonds is 8. The Labute approximate surface area is 303 Å². The Balaban J connectivity index is 0.000000336. The van der Waals surface area contributed by atoms with Crippen LogP contribution in [0.15, 0.2) is 85.7 Å². The summed E-state index contributed by atoms with van der Waals surface area (Å²) in [5.74, 6) is 0.263. The predicted molar refractivity (Wildman–Crippen MR) is 175 cm³/mol. The number of nitrogens with zero attached hydrogens (tertiary/aromatic N) is 7. The Morgan fingerprint density at radius 1 is 0.796 bits per heavy atom. The van der Waals surface area contributed by atoms with E-state index in [0.717, 1.165) is 25.7 Å². The summed E-state index contributed by atoms with van der Waals surface area (Å²) in [5.41, 5.74) is 1.20. The second kappa shape index (κ2) is 21.4. The topological polar surface area (TPSA) is 141 Å². The molecule has 1 saturated heterocycles. The Hall–Kier alpha value is -3.73. The average Bonchev–Trinajstić information content (AvgIpc) is 3.97. The van der Waals surface area contributed by atoms with Crippen LogP contribution < -0.4 is 0 Å². The molecule has 256 valence electrons. The van der Waals surface area contributed by atoms with Gasteiger partial charge in [-0.15, -0.1) is 0 Å². The molecular weight excluding hydrogens is 709 g/mol. The van der Waals surface area contributed by atoms with Crippen LogP contribution in [-0.4, -0.2) is 80.0 Å². The van der Waals surface area contributed by atoms with Gasteiger partial charge in [0.15, 0.2) is 0 Å². The summed E-state index contributed by atoms with van der Waals surface area (Å²) < 4.78 is 37.4. The van der Waals surface area contributed by atoms with E-state index in [4.69, 9.17) is 23.5 Å². The Bertz CT molecular complexity index is 1390. The molecule has 2 fully saturated rings. The normalized spacial score (nSPS) is 20.1. The van der Waals surface area contributed by atoms with Crippen molar-refractivity contribution < 1.29 is 49.4 Å². The molecule has 15 heteroatoms. The number of likely N-dealkylation sites (tertiary alicyclic amines) is 1. The number of amides is 1. The van der Waals surface area contributed by atoms with Crippen LogP contribution in [0, 0.1) is 38.5 Å². The van der Waals surface area contributed by atoms with Gasteiger partial charge in [-0.1, -0.05) is 50.6 Å². The second-order valence-electron chi connectivity index (χ2n) is 11.4. The molecule has 0 N–H and O–H groups in total. The number of ether oxygens (including phenoxy) is 3. The van der Waals surface area contributed by atoms with E-state index in [9.17, 15) is 4.79 Å². The minimum Gasteiger partial charge on any atom is -0.425 e. The summed E-state index contributed by atoms with van der Waals surface area (Å²) in [7, 11) is 2.96. The first kappa shape index (κ1) is 41.4. The minimum absolute atomic E-state index is 0. The molecule has 1 saturated carbocycles. The van der Waals surface area contributed by atoms with Gasteiger partial charge in [0.05, 0.1) is 0 Å². The Kier molecular flexibility index (Phi) is 18.1. The van der Waals surface area contributed by atoms with Gasteiger partial charge < -0.3 is 28.0 Å². The zero-order chi connectivity index (χ0) is 34.9. The van der Waals surface area contributed by atoms with Crippen LogP contribution in [0.5, 0.6) is 0 Å². The third-order valence-corrected chi connectivity index (χ3v) is 8.48. The predicted octanol–water partition coefficient (Wildman–Crippen LogP) is 4.66. The first-order valence-electron chi connectivity index (χ1n) is 15.4. The fourth-order valence-electron chi connectivity index (χ4n) is 6.13. The minimum atomic E-state index is -0.494. The molecule has 4 radical (unpaired) electrons. The van der Waals surface area contributed by atoms with Gasteiger partial charge in [0.2, 0.25) is 0 Å². The van der Waals surface area contributed by atoms with Crippen LogP contribution in [-0.2, 0) is 50.0 Å². The monoisotopic (exact) mass is 752 g/mol. The number of methoxy groups -OCH3 is 2. The number of carbonyl (C=O) groups is 1. The van der Waals surface area contributed by atoms with Crippen molar-refractivity contribution in [3.8, 4) is 0 Å². The molecule has 6 rings (SSSR count). The van der Waals surface area contributed by atoms with Crippen LogP contribution in [0.25, 0.3) is 0 Å². The molecule has 1 aromatic carbocycles. The average molecular weight is 750 g/mol. The number of benzene rings is 1. The van der Waals surface area contributed by atoms with Crippen LogP contribution in [0.2, 0.25) is 0 Å². The first-order valence-corrected chi connectivity index (χ1v) is 15.4. The molecule has 0 unspecified atom stereocenters. The summed E-state index contributed by atoms with van der Waals surface area (Å²) in [4.78, 5) is 14.6. The Morgan fingerprint density at radius 3 is 1.69 bits per heavy atom. The van der Waals surface area contributed by atoms with E-state index >= 15 is 0 Å². The molecule has 4 heterocycles.